The molecule has 1 aliphatic rings. The molecule has 3 rings (SSSR count). The van der Waals surface area contributed by atoms with Gasteiger partial charge in [0.2, 0.25) is 0 Å². The third-order valence-corrected chi connectivity index (χ3v) is 4.14. The van der Waals surface area contributed by atoms with E-state index < -0.39 is 11.9 Å². The molecule has 5 nitrogen and oxygen atoms in total. The predicted octanol–water partition coefficient (Wildman–Crippen LogP) is 3.01. The van der Waals surface area contributed by atoms with Crippen molar-refractivity contribution in [3.8, 4) is 11.3 Å². The van der Waals surface area contributed by atoms with E-state index in [1.165, 1.54) is 0 Å². The maximum atomic E-state index is 12.7. The Labute approximate surface area is 134 Å². The summed E-state index contributed by atoms with van der Waals surface area (Å²) in [5, 5.41) is 9.09. The Kier molecular flexibility index (Phi) is 4.19. The molecule has 0 radical (unpaired) electrons. The molecule has 1 heterocycles. The fourth-order valence-corrected chi connectivity index (χ4v) is 2.62. The largest absolute Gasteiger partial charge is 0.481 e. The van der Waals surface area contributed by atoms with E-state index >= 15 is 0 Å². The van der Waals surface area contributed by atoms with Gasteiger partial charge < -0.3 is 15.0 Å². The van der Waals surface area contributed by atoms with Crippen LogP contribution in [0.25, 0.3) is 11.3 Å². The molecule has 0 bridgehead atoms. The molecule has 120 valence electrons. The molecule has 1 fully saturated rings. The highest BCUT2D eigenvalue weighted by Crippen LogP contribution is 2.29. The lowest BCUT2D eigenvalue weighted by Crippen LogP contribution is -2.38. The molecule has 2 aromatic rings. The summed E-state index contributed by atoms with van der Waals surface area (Å²) in [5.41, 5.74) is 2.41. The van der Waals surface area contributed by atoms with Gasteiger partial charge in [0.05, 0.1) is 5.92 Å². The molecule has 23 heavy (non-hydrogen) atoms. The minimum atomic E-state index is -0.875. The molecule has 1 amide bonds. The van der Waals surface area contributed by atoms with Crippen molar-refractivity contribution in [2.75, 3.05) is 6.54 Å². The number of carboxylic acid groups (broad SMARTS) is 1. The van der Waals surface area contributed by atoms with Gasteiger partial charge in [-0.1, -0.05) is 37.3 Å². The molecule has 2 N–H and O–H groups in total. The van der Waals surface area contributed by atoms with Crippen LogP contribution in [0, 0.1) is 5.92 Å². The Hall–Kier alpha value is -2.56. The predicted molar refractivity (Wildman–Crippen MR) is 87.1 cm³/mol. The van der Waals surface area contributed by atoms with Crippen molar-refractivity contribution < 1.29 is 14.7 Å². The van der Waals surface area contributed by atoms with E-state index in [1.54, 1.807) is 17.9 Å². The van der Waals surface area contributed by atoms with Gasteiger partial charge in [-0.2, -0.15) is 0 Å². The second-order valence-corrected chi connectivity index (χ2v) is 6.08. The van der Waals surface area contributed by atoms with Gasteiger partial charge in [-0.25, -0.2) is 0 Å². The number of aromatic amines is 1. The number of amides is 1. The lowest BCUT2D eigenvalue weighted by molar-refractivity contribution is -0.141. The van der Waals surface area contributed by atoms with E-state index in [0.29, 0.717) is 5.69 Å². The molecular formula is C18H20N2O3. The van der Waals surface area contributed by atoms with E-state index in [9.17, 15) is 9.59 Å². The average molecular weight is 312 g/mol. The van der Waals surface area contributed by atoms with Gasteiger partial charge in [0, 0.05) is 18.3 Å². The summed E-state index contributed by atoms with van der Waals surface area (Å²) in [6, 6.07) is 13.6. The Bertz CT molecular complexity index is 704. The van der Waals surface area contributed by atoms with Crippen LogP contribution < -0.4 is 0 Å². The first-order valence-electron chi connectivity index (χ1n) is 7.84. The van der Waals surface area contributed by atoms with Gasteiger partial charge in [0.15, 0.2) is 0 Å². The summed E-state index contributed by atoms with van der Waals surface area (Å²) in [6.45, 7) is 1.88. The Morgan fingerprint density at radius 1 is 1.22 bits per heavy atom. The molecular weight excluding hydrogens is 292 g/mol. The first-order chi connectivity index (χ1) is 11.1. The molecule has 0 spiro atoms. The van der Waals surface area contributed by atoms with Crippen molar-refractivity contribution in [3.05, 3.63) is 48.2 Å². The maximum Gasteiger partial charge on any atom is 0.308 e. The molecule has 1 saturated carbocycles. The highest BCUT2D eigenvalue weighted by Gasteiger charge is 2.35. The molecule has 1 aromatic heterocycles. The number of hydrogen-bond acceptors (Lipinski definition) is 2. The van der Waals surface area contributed by atoms with Crippen LogP contribution in [0.1, 0.15) is 30.3 Å². The lowest BCUT2D eigenvalue weighted by atomic mass is 10.1. The summed E-state index contributed by atoms with van der Waals surface area (Å²) in [4.78, 5) is 28.7. The summed E-state index contributed by atoms with van der Waals surface area (Å²) in [7, 11) is 0. The molecule has 0 aliphatic heterocycles. The Balaban J connectivity index is 1.78. The van der Waals surface area contributed by atoms with Crippen molar-refractivity contribution in [1.29, 1.82) is 0 Å². The van der Waals surface area contributed by atoms with E-state index in [4.69, 9.17) is 5.11 Å². The zero-order valence-electron chi connectivity index (χ0n) is 13.0. The number of aliphatic carboxylic acids is 1. The van der Waals surface area contributed by atoms with Crippen LogP contribution >= 0.6 is 0 Å². The number of nitrogens with one attached hydrogen (secondary N) is 1. The highest BCUT2D eigenvalue weighted by molar-refractivity contribution is 5.94. The monoisotopic (exact) mass is 312 g/mol. The van der Waals surface area contributed by atoms with Gasteiger partial charge >= 0.3 is 5.97 Å². The van der Waals surface area contributed by atoms with Gasteiger partial charge in [0.25, 0.3) is 5.91 Å². The summed E-state index contributed by atoms with van der Waals surface area (Å²) < 4.78 is 0. The maximum absolute atomic E-state index is 12.7. The number of nitrogens with zero attached hydrogens (tertiary/aromatic N) is 1. The van der Waals surface area contributed by atoms with Gasteiger partial charge in [-0.15, -0.1) is 0 Å². The number of benzene rings is 1. The Morgan fingerprint density at radius 2 is 1.91 bits per heavy atom. The molecule has 5 heteroatoms. The minimum absolute atomic E-state index is 0.122. The molecule has 1 atom stereocenters. The first-order valence-corrected chi connectivity index (χ1v) is 7.84. The number of hydrogen-bond donors (Lipinski definition) is 2. The normalized spacial score (nSPS) is 15.2. The van der Waals surface area contributed by atoms with E-state index in [1.807, 2.05) is 36.4 Å². The van der Waals surface area contributed by atoms with Crippen LogP contribution in [0.5, 0.6) is 0 Å². The number of carboxylic acids is 1. The number of H-pyrrole nitrogens is 1. The highest BCUT2D eigenvalue weighted by atomic mass is 16.4. The fourth-order valence-electron chi connectivity index (χ4n) is 2.62. The zero-order valence-corrected chi connectivity index (χ0v) is 13.0. The first kappa shape index (κ1) is 15.3. The summed E-state index contributed by atoms with van der Waals surface area (Å²) in [6.07, 6.45) is 1.90. The molecule has 1 unspecified atom stereocenters. The van der Waals surface area contributed by atoms with E-state index in [-0.39, 0.29) is 18.5 Å². The SMILES string of the molecule is CC(CN(C(=O)c1ccc(-c2ccccc2)[nH]1)C1CC1)C(=O)O. The zero-order chi connectivity index (χ0) is 16.4. The van der Waals surface area contributed by atoms with E-state index in [0.717, 1.165) is 24.1 Å². The number of carbonyl (C=O) groups is 2. The average Bonchev–Trinajstić information content (AvgIpc) is 3.28. The summed E-state index contributed by atoms with van der Waals surface area (Å²) in [5.74, 6) is -1.56. The van der Waals surface area contributed by atoms with Crippen LogP contribution in [-0.2, 0) is 4.79 Å². The number of rotatable bonds is 6. The van der Waals surface area contributed by atoms with Crippen LogP contribution in [-0.4, -0.2) is 39.5 Å². The molecule has 1 aromatic carbocycles. The van der Waals surface area contributed by atoms with Gasteiger partial charge in [0.1, 0.15) is 5.69 Å². The topological polar surface area (TPSA) is 73.4 Å². The fraction of sp³-hybridized carbons (Fsp3) is 0.333. The minimum Gasteiger partial charge on any atom is -0.481 e. The molecule has 0 saturated heterocycles. The van der Waals surface area contributed by atoms with Crippen molar-refractivity contribution in [2.45, 2.75) is 25.8 Å². The second kappa shape index (κ2) is 6.28. The third-order valence-electron chi connectivity index (χ3n) is 4.14. The van der Waals surface area contributed by atoms with Crippen molar-refractivity contribution in [3.63, 3.8) is 0 Å². The number of aromatic nitrogens is 1. The van der Waals surface area contributed by atoms with Crippen molar-refractivity contribution in [2.24, 2.45) is 5.92 Å². The quantitative estimate of drug-likeness (QED) is 0.861. The Morgan fingerprint density at radius 3 is 2.52 bits per heavy atom. The van der Waals surface area contributed by atoms with Crippen LogP contribution in [0.15, 0.2) is 42.5 Å². The van der Waals surface area contributed by atoms with Crippen molar-refractivity contribution >= 4 is 11.9 Å². The molecule has 1 aliphatic carbocycles. The van der Waals surface area contributed by atoms with Gasteiger partial charge in [-0.05, 0) is 30.5 Å². The second-order valence-electron chi connectivity index (χ2n) is 6.08. The standard InChI is InChI=1S/C18H20N2O3/c1-12(18(22)23)11-20(14-7-8-14)17(21)16-10-9-15(19-16)13-5-3-2-4-6-13/h2-6,9-10,12,14,19H,7-8,11H2,1H3,(H,22,23). The summed E-state index contributed by atoms with van der Waals surface area (Å²) >= 11 is 0. The van der Waals surface area contributed by atoms with Crippen LogP contribution in [0.4, 0.5) is 0 Å². The third kappa shape index (κ3) is 3.44. The van der Waals surface area contributed by atoms with Crippen LogP contribution in [0.2, 0.25) is 0 Å². The van der Waals surface area contributed by atoms with Crippen molar-refractivity contribution in [1.82, 2.24) is 9.88 Å². The van der Waals surface area contributed by atoms with Crippen LogP contribution in [0.3, 0.4) is 0 Å². The smallest absolute Gasteiger partial charge is 0.308 e. The van der Waals surface area contributed by atoms with Gasteiger partial charge in [-0.3, -0.25) is 9.59 Å². The van der Waals surface area contributed by atoms with E-state index in [2.05, 4.69) is 4.98 Å². The number of carbonyl (C=O) groups excluding carboxylic acids is 1. The lowest BCUT2D eigenvalue weighted by Gasteiger charge is -2.23.